The molecule has 1 aliphatic rings. The van der Waals surface area contributed by atoms with Crippen molar-refractivity contribution in [2.24, 2.45) is 0 Å². The topological polar surface area (TPSA) is 106 Å². The number of methoxy groups -OCH3 is 1. The lowest BCUT2D eigenvalue weighted by Crippen LogP contribution is -2.38. The first-order valence-electron chi connectivity index (χ1n) is 10.7. The molecule has 0 saturated heterocycles. The van der Waals surface area contributed by atoms with E-state index < -0.39 is 16.3 Å². The number of sulfonamides is 1. The molecule has 11 heteroatoms. The van der Waals surface area contributed by atoms with E-state index in [4.69, 9.17) is 14.2 Å². The SMILES string of the molecule is COc1ccc(S(=O)(=O)N(CCO)CCO[C@@H]2C[C@H](c3ccsc3)C=C(C(=O)N(C)C)O2)cc1. The van der Waals surface area contributed by atoms with Gasteiger partial charge in [0.15, 0.2) is 5.76 Å². The molecular weight excluding hydrogens is 480 g/mol. The number of carbonyl (C=O) groups excluding carboxylic acids is 1. The first kappa shape index (κ1) is 26.2. The third kappa shape index (κ3) is 6.36. The number of allylic oxidation sites excluding steroid dienone is 1. The van der Waals surface area contributed by atoms with Crippen molar-refractivity contribution in [3.63, 3.8) is 0 Å². The molecule has 2 aromatic rings. The molecule has 1 aromatic carbocycles. The smallest absolute Gasteiger partial charge is 0.288 e. The molecule has 0 bridgehead atoms. The van der Waals surface area contributed by atoms with Gasteiger partial charge in [-0.15, -0.1) is 0 Å². The van der Waals surface area contributed by atoms with Crippen LogP contribution in [0.3, 0.4) is 0 Å². The van der Waals surface area contributed by atoms with E-state index >= 15 is 0 Å². The van der Waals surface area contributed by atoms with Crippen molar-refractivity contribution >= 4 is 27.3 Å². The Bertz CT molecular complexity index is 1070. The largest absolute Gasteiger partial charge is 0.497 e. The highest BCUT2D eigenvalue weighted by Gasteiger charge is 2.30. The van der Waals surface area contributed by atoms with Gasteiger partial charge in [0, 0.05) is 39.5 Å². The van der Waals surface area contributed by atoms with Gasteiger partial charge in [-0.1, -0.05) is 0 Å². The van der Waals surface area contributed by atoms with E-state index in [0.29, 0.717) is 12.2 Å². The Labute approximate surface area is 204 Å². The van der Waals surface area contributed by atoms with Crippen LogP contribution in [-0.2, 0) is 24.3 Å². The number of nitrogens with zero attached hydrogens (tertiary/aromatic N) is 2. The van der Waals surface area contributed by atoms with Crippen LogP contribution >= 0.6 is 11.3 Å². The van der Waals surface area contributed by atoms with Gasteiger partial charge in [-0.3, -0.25) is 4.79 Å². The molecule has 34 heavy (non-hydrogen) atoms. The zero-order valence-corrected chi connectivity index (χ0v) is 21.0. The fourth-order valence-corrected chi connectivity index (χ4v) is 5.64. The highest BCUT2D eigenvalue weighted by atomic mass is 32.2. The van der Waals surface area contributed by atoms with Crippen LogP contribution in [0.25, 0.3) is 0 Å². The number of benzene rings is 1. The van der Waals surface area contributed by atoms with E-state index in [1.807, 2.05) is 16.8 Å². The molecule has 2 atom stereocenters. The molecule has 1 aliphatic heterocycles. The molecule has 0 radical (unpaired) electrons. The van der Waals surface area contributed by atoms with Crippen LogP contribution in [-0.4, -0.2) is 82.4 Å². The second-order valence-electron chi connectivity index (χ2n) is 7.85. The predicted molar refractivity (Wildman–Crippen MR) is 128 cm³/mol. The Balaban J connectivity index is 1.68. The van der Waals surface area contributed by atoms with Crippen LogP contribution in [0.4, 0.5) is 0 Å². The third-order valence-corrected chi connectivity index (χ3v) is 7.95. The van der Waals surface area contributed by atoms with Gasteiger partial charge < -0.3 is 24.2 Å². The number of hydrogen-bond donors (Lipinski definition) is 1. The lowest BCUT2D eigenvalue weighted by atomic mass is 9.95. The number of aliphatic hydroxyl groups excluding tert-OH is 1. The van der Waals surface area contributed by atoms with Gasteiger partial charge in [-0.05, 0) is 52.7 Å². The summed E-state index contributed by atoms with van der Waals surface area (Å²) in [5.74, 6) is 0.426. The number of ether oxygens (including phenoxy) is 3. The molecule has 9 nitrogen and oxygen atoms in total. The Kier molecular flexibility index (Phi) is 9.09. The molecule has 0 fully saturated rings. The summed E-state index contributed by atoms with van der Waals surface area (Å²) >= 11 is 1.57. The number of likely N-dealkylation sites (N-methyl/N-ethyl adjacent to an activating group) is 1. The van der Waals surface area contributed by atoms with E-state index in [1.54, 1.807) is 43.6 Å². The second kappa shape index (κ2) is 11.8. The second-order valence-corrected chi connectivity index (χ2v) is 10.6. The van der Waals surface area contributed by atoms with Crippen molar-refractivity contribution in [1.29, 1.82) is 0 Å². The monoisotopic (exact) mass is 510 g/mol. The van der Waals surface area contributed by atoms with Crippen LogP contribution in [0, 0.1) is 0 Å². The van der Waals surface area contributed by atoms with Gasteiger partial charge >= 0.3 is 0 Å². The molecule has 0 saturated carbocycles. The first-order chi connectivity index (χ1) is 16.3. The van der Waals surface area contributed by atoms with Crippen molar-refractivity contribution in [3.8, 4) is 5.75 Å². The van der Waals surface area contributed by atoms with Crippen molar-refractivity contribution in [2.75, 3.05) is 47.5 Å². The standard InChI is InChI=1S/C23H30N2O7S2/c1-24(2)23(27)21-14-18(17-8-13-33-16-17)15-22(32-21)31-12-10-25(9-11-26)34(28,29)20-6-4-19(30-3)5-7-20/h4-8,13-14,16,18,22,26H,9-12,15H2,1-3H3/t18-,22+/m1/s1. The number of aliphatic hydroxyl groups is 1. The molecule has 2 heterocycles. The molecule has 1 amide bonds. The number of hydrogen-bond acceptors (Lipinski definition) is 8. The third-order valence-electron chi connectivity index (χ3n) is 5.34. The molecule has 1 N–H and O–H groups in total. The summed E-state index contributed by atoms with van der Waals surface area (Å²) in [4.78, 5) is 14.0. The first-order valence-corrected chi connectivity index (χ1v) is 13.1. The summed E-state index contributed by atoms with van der Waals surface area (Å²) in [7, 11) is 0.948. The Morgan fingerprint density at radius 2 is 1.94 bits per heavy atom. The van der Waals surface area contributed by atoms with E-state index in [0.717, 1.165) is 9.87 Å². The summed E-state index contributed by atoms with van der Waals surface area (Å²) in [5.41, 5.74) is 1.06. The minimum Gasteiger partial charge on any atom is -0.497 e. The van der Waals surface area contributed by atoms with E-state index in [9.17, 15) is 18.3 Å². The fourth-order valence-electron chi connectivity index (χ4n) is 3.50. The maximum Gasteiger partial charge on any atom is 0.288 e. The Morgan fingerprint density at radius 3 is 2.53 bits per heavy atom. The van der Waals surface area contributed by atoms with Gasteiger partial charge in [0.1, 0.15) is 5.75 Å². The Hall–Kier alpha value is -2.44. The fraction of sp³-hybridized carbons (Fsp3) is 0.435. The van der Waals surface area contributed by atoms with Crippen LogP contribution in [0.15, 0.2) is 57.8 Å². The van der Waals surface area contributed by atoms with Crippen LogP contribution in [0.1, 0.15) is 17.9 Å². The van der Waals surface area contributed by atoms with Gasteiger partial charge in [0.2, 0.25) is 16.3 Å². The highest BCUT2D eigenvalue weighted by Crippen LogP contribution is 2.33. The number of rotatable bonds is 11. The van der Waals surface area contributed by atoms with Crippen LogP contribution in [0.5, 0.6) is 5.75 Å². The summed E-state index contributed by atoms with van der Waals surface area (Å²) in [6.07, 6.45) is 1.58. The van der Waals surface area contributed by atoms with Gasteiger partial charge in [0.05, 0.1) is 25.2 Å². The molecule has 0 unspecified atom stereocenters. The minimum absolute atomic E-state index is 0.0125. The Morgan fingerprint density at radius 1 is 1.21 bits per heavy atom. The molecule has 186 valence electrons. The van der Waals surface area contributed by atoms with E-state index in [-0.39, 0.29) is 48.8 Å². The number of carbonyl (C=O) groups is 1. The van der Waals surface area contributed by atoms with Crippen LogP contribution < -0.4 is 4.74 Å². The maximum atomic E-state index is 13.1. The average molecular weight is 511 g/mol. The summed E-state index contributed by atoms with van der Waals surface area (Å²) < 4.78 is 44.0. The zero-order chi connectivity index (χ0) is 24.7. The van der Waals surface area contributed by atoms with Crippen LogP contribution in [0.2, 0.25) is 0 Å². The van der Waals surface area contributed by atoms with Gasteiger partial charge in [-0.25, -0.2) is 8.42 Å². The minimum atomic E-state index is -3.85. The lowest BCUT2D eigenvalue weighted by Gasteiger charge is -2.30. The van der Waals surface area contributed by atoms with Gasteiger partial charge in [0.25, 0.3) is 5.91 Å². The number of thiophene rings is 1. The quantitative estimate of drug-likeness (QED) is 0.494. The summed E-state index contributed by atoms with van der Waals surface area (Å²) in [5, 5.41) is 13.4. The van der Waals surface area contributed by atoms with Crippen molar-refractivity contribution in [3.05, 3.63) is 58.5 Å². The van der Waals surface area contributed by atoms with Crippen molar-refractivity contribution in [1.82, 2.24) is 9.21 Å². The van der Waals surface area contributed by atoms with Crippen molar-refractivity contribution < 1.29 is 32.5 Å². The molecular formula is C23H30N2O7S2. The molecule has 0 aliphatic carbocycles. The van der Waals surface area contributed by atoms with E-state index in [2.05, 4.69) is 0 Å². The normalized spacial score (nSPS) is 18.3. The molecule has 0 spiro atoms. The number of amides is 1. The maximum absolute atomic E-state index is 13.1. The summed E-state index contributed by atoms with van der Waals surface area (Å²) in [6, 6.07) is 8.04. The lowest BCUT2D eigenvalue weighted by molar-refractivity contribution is -0.151. The molecule has 1 aromatic heterocycles. The summed E-state index contributed by atoms with van der Waals surface area (Å²) in [6.45, 7) is -0.372. The average Bonchev–Trinajstić information content (AvgIpc) is 3.38. The predicted octanol–water partition coefficient (Wildman–Crippen LogP) is 2.26. The zero-order valence-electron chi connectivity index (χ0n) is 19.4. The van der Waals surface area contributed by atoms with Crippen molar-refractivity contribution in [2.45, 2.75) is 23.5 Å². The highest BCUT2D eigenvalue weighted by molar-refractivity contribution is 7.89. The van der Waals surface area contributed by atoms with E-state index in [1.165, 1.54) is 24.1 Å². The molecule has 3 rings (SSSR count). The van der Waals surface area contributed by atoms with Gasteiger partial charge in [-0.2, -0.15) is 15.6 Å².